The highest BCUT2D eigenvalue weighted by atomic mass is 35.5. The van der Waals surface area contributed by atoms with Crippen molar-refractivity contribution in [2.24, 2.45) is 5.10 Å². The van der Waals surface area contributed by atoms with Crippen molar-refractivity contribution in [3.63, 3.8) is 0 Å². The van der Waals surface area contributed by atoms with E-state index in [2.05, 4.69) is 24.4 Å². The number of hydrazone groups is 1. The number of amides is 1. The number of benzene rings is 3. The maximum Gasteiger partial charge on any atom is 0.343 e. The fraction of sp³-hybridized carbons (Fsp3) is 0.192. The first-order valence-electron chi connectivity index (χ1n) is 10.4. The van der Waals surface area contributed by atoms with Gasteiger partial charge in [0.15, 0.2) is 6.61 Å². The minimum atomic E-state index is -0.477. The lowest BCUT2D eigenvalue weighted by Gasteiger charge is -2.14. The van der Waals surface area contributed by atoms with E-state index in [0.717, 1.165) is 16.7 Å². The van der Waals surface area contributed by atoms with E-state index < -0.39 is 5.97 Å². The Morgan fingerprint density at radius 3 is 2.39 bits per heavy atom. The largest absolute Gasteiger partial charge is 0.483 e. The number of rotatable bonds is 8. The van der Waals surface area contributed by atoms with Crippen LogP contribution in [0.15, 0.2) is 71.8 Å². The molecular weight excluding hydrogens is 440 g/mol. The van der Waals surface area contributed by atoms with Crippen molar-refractivity contribution in [2.45, 2.75) is 26.7 Å². The number of nitrogens with one attached hydrogen (secondary N) is 1. The number of halogens is 1. The number of hydrogen-bond acceptors (Lipinski definition) is 5. The number of hydrogen-bond donors (Lipinski definition) is 1. The first-order valence-corrected chi connectivity index (χ1v) is 10.8. The summed E-state index contributed by atoms with van der Waals surface area (Å²) in [4.78, 5) is 24.2. The second kappa shape index (κ2) is 11.3. The van der Waals surface area contributed by atoms with Gasteiger partial charge in [0, 0.05) is 5.02 Å². The number of aryl methyl sites for hydroxylation is 1. The second-order valence-electron chi connectivity index (χ2n) is 7.74. The number of ether oxygens (including phenoxy) is 2. The molecule has 1 amide bonds. The maximum atomic E-state index is 12.1. The van der Waals surface area contributed by atoms with Crippen LogP contribution in [0, 0.1) is 6.92 Å². The lowest BCUT2D eigenvalue weighted by atomic mass is 10.0. The smallest absolute Gasteiger partial charge is 0.343 e. The van der Waals surface area contributed by atoms with Gasteiger partial charge in [0.25, 0.3) is 5.91 Å². The monoisotopic (exact) mass is 464 g/mol. The Balaban J connectivity index is 1.49. The number of nitrogens with zero attached hydrogens (tertiary/aromatic N) is 1. The third-order valence-electron chi connectivity index (χ3n) is 4.72. The molecule has 7 heteroatoms. The van der Waals surface area contributed by atoms with Crippen LogP contribution in [-0.4, -0.2) is 24.7 Å². The zero-order valence-corrected chi connectivity index (χ0v) is 19.4. The van der Waals surface area contributed by atoms with Gasteiger partial charge in [-0.1, -0.05) is 37.6 Å². The molecule has 0 aromatic heterocycles. The van der Waals surface area contributed by atoms with Crippen molar-refractivity contribution in [1.82, 2.24) is 5.43 Å². The summed E-state index contributed by atoms with van der Waals surface area (Å²) in [5, 5.41) is 4.50. The van der Waals surface area contributed by atoms with Crippen LogP contribution in [0.4, 0.5) is 0 Å². The zero-order chi connectivity index (χ0) is 23.8. The summed E-state index contributed by atoms with van der Waals surface area (Å²) in [7, 11) is 0. The van der Waals surface area contributed by atoms with Crippen LogP contribution in [0.1, 0.15) is 46.8 Å². The van der Waals surface area contributed by atoms with E-state index in [1.165, 1.54) is 6.21 Å². The summed E-state index contributed by atoms with van der Waals surface area (Å²) in [6.07, 6.45) is 1.49. The minimum absolute atomic E-state index is 0.139. The van der Waals surface area contributed by atoms with Crippen molar-refractivity contribution in [3.05, 3.63) is 94.0 Å². The lowest BCUT2D eigenvalue weighted by Crippen LogP contribution is -2.25. The maximum absolute atomic E-state index is 12.1. The normalized spacial score (nSPS) is 10.9. The molecule has 33 heavy (non-hydrogen) atoms. The van der Waals surface area contributed by atoms with E-state index in [0.29, 0.717) is 22.1 Å². The Kier molecular flexibility index (Phi) is 8.22. The first kappa shape index (κ1) is 24.0. The predicted octanol–water partition coefficient (Wildman–Crippen LogP) is 5.52. The SMILES string of the molecule is Cc1ccc(C(C)C)c(OCC(=O)N/N=C/c2ccc(OC(=O)c3ccc(Cl)cc3)cc2)c1. The third kappa shape index (κ3) is 7.19. The van der Waals surface area contributed by atoms with Gasteiger partial charge in [-0.3, -0.25) is 4.79 Å². The molecule has 3 aromatic carbocycles. The van der Waals surface area contributed by atoms with E-state index >= 15 is 0 Å². The van der Waals surface area contributed by atoms with Gasteiger partial charge in [0.2, 0.25) is 0 Å². The Morgan fingerprint density at radius 1 is 1.03 bits per heavy atom. The van der Waals surface area contributed by atoms with Gasteiger partial charge in [-0.05, 0) is 84.1 Å². The summed E-state index contributed by atoms with van der Waals surface area (Å²) in [6.45, 7) is 5.99. The van der Waals surface area contributed by atoms with Gasteiger partial charge in [-0.2, -0.15) is 5.10 Å². The highest BCUT2D eigenvalue weighted by Crippen LogP contribution is 2.27. The van der Waals surface area contributed by atoms with Crippen molar-refractivity contribution in [1.29, 1.82) is 0 Å². The molecule has 0 aliphatic carbocycles. The molecular formula is C26H25ClN2O4. The fourth-order valence-electron chi connectivity index (χ4n) is 2.97. The van der Waals surface area contributed by atoms with E-state index in [4.69, 9.17) is 21.1 Å². The Hall–Kier alpha value is -3.64. The van der Waals surface area contributed by atoms with Crippen LogP contribution in [0.3, 0.4) is 0 Å². The van der Waals surface area contributed by atoms with Crippen LogP contribution in [0.5, 0.6) is 11.5 Å². The molecule has 0 radical (unpaired) electrons. The molecule has 3 rings (SSSR count). The van der Waals surface area contributed by atoms with E-state index in [1.807, 2.05) is 25.1 Å². The zero-order valence-electron chi connectivity index (χ0n) is 18.7. The molecule has 0 unspecified atom stereocenters. The molecule has 1 N–H and O–H groups in total. The Morgan fingerprint density at radius 2 is 1.73 bits per heavy atom. The molecule has 0 heterocycles. The summed E-state index contributed by atoms with van der Waals surface area (Å²) < 4.78 is 11.0. The Bertz CT molecular complexity index is 1140. The third-order valence-corrected chi connectivity index (χ3v) is 4.98. The average molecular weight is 465 g/mol. The number of carbonyl (C=O) groups excluding carboxylic acids is 2. The molecule has 3 aromatic rings. The molecule has 0 saturated carbocycles. The molecule has 0 aliphatic rings. The van der Waals surface area contributed by atoms with E-state index in [-0.39, 0.29) is 18.4 Å². The predicted molar refractivity (Wildman–Crippen MR) is 129 cm³/mol. The Labute approximate surface area is 198 Å². The summed E-state index contributed by atoms with van der Waals surface area (Å²) in [5.74, 6) is 0.539. The van der Waals surface area contributed by atoms with E-state index in [9.17, 15) is 9.59 Å². The lowest BCUT2D eigenvalue weighted by molar-refractivity contribution is -0.123. The first-order chi connectivity index (χ1) is 15.8. The highest BCUT2D eigenvalue weighted by molar-refractivity contribution is 6.30. The van der Waals surface area contributed by atoms with Crippen molar-refractivity contribution in [2.75, 3.05) is 6.61 Å². The van der Waals surface area contributed by atoms with Crippen molar-refractivity contribution < 1.29 is 19.1 Å². The summed E-state index contributed by atoms with van der Waals surface area (Å²) in [6, 6.07) is 19.1. The van der Waals surface area contributed by atoms with Crippen LogP contribution in [-0.2, 0) is 4.79 Å². The molecule has 0 saturated heterocycles. The minimum Gasteiger partial charge on any atom is -0.483 e. The van der Waals surface area contributed by atoms with Crippen LogP contribution in [0.25, 0.3) is 0 Å². The molecule has 0 atom stereocenters. The molecule has 170 valence electrons. The van der Waals surface area contributed by atoms with Crippen molar-refractivity contribution >= 4 is 29.7 Å². The van der Waals surface area contributed by atoms with Gasteiger partial charge in [-0.15, -0.1) is 0 Å². The topological polar surface area (TPSA) is 77.0 Å². The van der Waals surface area contributed by atoms with Gasteiger partial charge in [0.1, 0.15) is 11.5 Å². The van der Waals surface area contributed by atoms with Crippen LogP contribution < -0.4 is 14.9 Å². The standard InChI is InChI=1S/C26H25ClN2O4/c1-17(2)23-13-4-18(3)14-24(23)32-16-25(30)29-28-15-19-5-11-22(12-6-19)33-26(31)20-7-9-21(27)10-8-20/h4-15,17H,16H2,1-3H3,(H,29,30)/b28-15+. The van der Waals surface area contributed by atoms with Crippen molar-refractivity contribution in [3.8, 4) is 11.5 Å². The number of carbonyl (C=O) groups is 2. The molecule has 0 bridgehead atoms. The van der Waals surface area contributed by atoms with Gasteiger partial charge < -0.3 is 9.47 Å². The van der Waals surface area contributed by atoms with Crippen LogP contribution in [0.2, 0.25) is 5.02 Å². The molecule has 6 nitrogen and oxygen atoms in total. The summed E-state index contributed by atoms with van der Waals surface area (Å²) in [5.41, 5.74) is 5.69. The second-order valence-corrected chi connectivity index (χ2v) is 8.18. The van der Waals surface area contributed by atoms with E-state index in [1.54, 1.807) is 48.5 Å². The van der Waals surface area contributed by atoms with Crippen LogP contribution >= 0.6 is 11.6 Å². The fourth-order valence-corrected chi connectivity index (χ4v) is 3.10. The quantitative estimate of drug-likeness (QED) is 0.206. The van der Waals surface area contributed by atoms with Gasteiger partial charge in [0.05, 0.1) is 11.8 Å². The highest BCUT2D eigenvalue weighted by Gasteiger charge is 2.10. The van der Waals surface area contributed by atoms with Gasteiger partial charge >= 0.3 is 5.97 Å². The average Bonchev–Trinajstić information content (AvgIpc) is 2.79. The number of esters is 1. The van der Waals surface area contributed by atoms with Gasteiger partial charge in [-0.25, -0.2) is 10.2 Å². The molecule has 0 spiro atoms. The molecule has 0 aliphatic heterocycles. The molecule has 0 fully saturated rings. The summed E-state index contributed by atoms with van der Waals surface area (Å²) >= 11 is 5.83.